The van der Waals surface area contributed by atoms with E-state index in [-0.39, 0.29) is 17.9 Å². The summed E-state index contributed by atoms with van der Waals surface area (Å²) in [5.41, 5.74) is 0.581. The zero-order valence-electron chi connectivity index (χ0n) is 12.8. The van der Waals surface area contributed by atoms with E-state index < -0.39 is 0 Å². The Morgan fingerprint density at radius 2 is 1.91 bits per heavy atom. The fraction of sp³-hybridized carbons (Fsp3) is 0.529. The molecule has 0 aromatic heterocycles. The molecule has 0 unspecified atom stereocenters. The second-order valence-corrected chi connectivity index (χ2v) is 5.92. The number of fused-ring (bicyclic) bond motifs is 3. The molecule has 4 atom stereocenters. The van der Waals surface area contributed by atoms with Gasteiger partial charge >= 0.3 is 0 Å². The van der Waals surface area contributed by atoms with Crippen LogP contribution in [-0.4, -0.2) is 31.7 Å². The van der Waals surface area contributed by atoms with Crippen molar-refractivity contribution >= 4 is 0 Å². The zero-order valence-corrected chi connectivity index (χ0v) is 12.8. The maximum Gasteiger partial charge on any atom is 0.156 e. The van der Waals surface area contributed by atoms with Crippen LogP contribution in [0.15, 0.2) is 35.4 Å². The monoisotopic (exact) mass is 297 g/mol. The maximum absolute atomic E-state index is 9.32. The Hall–Kier alpha value is -2.40. The van der Waals surface area contributed by atoms with Crippen molar-refractivity contribution in [3.8, 4) is 12.1 Å². The Balaban J connectivity index is 1.93. The van der Waals surface area contributed by atoms with E-state index in [1.165, 1.54) is 0 Å². The van der Waals surface area contributed by atoms with Gasteiger partial charge in [0.05, 0.1) is 37.8 Å². The Bertz CT molecular complexity index is 635. The summed E-state index contributed by atoms with van der Waals surface area (Å²) < 4.78 is 10.8. The van der Waals surface area contributed by atoms with Crippen molar-refractivity contribution < 1.29 is 9.47 Å². The summed E-state index contributed by atoms with van der Waals surface area (Å²) in [6.45, 7) is 0.902. The van der Waals surface area contributed by atoms with Crippen LogP contribution in [0, 0.1) is 40.4 Å². The molecular formula is C17H19N3O2. The van der Waals surface area contributed by atoms with Gasteiger partial charge < -0.3 is 14.4 Å². The van der Waals surface area contributed by atoms with Crippen molar-refractivity contribution in [2.45, 2.75) is 18.9 Å². The third-order valence-electron chi connectivity index (χ3n) is 4.92. The third kappa shape index (κ3) is 2.23. The normalized spacial score (nSPS) is 33.1. The van der Waals surface area contributed by atoms with Crippen molar-refractivity contribution in [3.63, 3.8) is 0 Å². The van der Waals surface area contributed by atoms with Crippen LogP contribution >= 0.6 is 0 Å². The number of methoxy groups -OCH3 is 2. The first-order chi connectivity index (χ1) is 10.7. The third-order valence-corrected chi connectivity index (χ3v) is 4.92. The van der Waals surface area contributed by atoms with Crippen LogP contribution in [0.4, 0.5) is 0 Å². The van der Waals surface area contributed by atoms with E-state index in [2.05, 4.69) is 29.2 Å². The second-order valence-electron chi connectivity index (χ2n) is 5.92. The summed E-state index contributed by atoms with van der Waals surface area (Å²) in [5.74, 6) is 1.92. The molecule has 2 aliphatic heterocycles. The van der Waals surface area contributed by atoms with Crippen LogP contribution in [0.5, 0.6) is 0 Å². The number of allylic oxidation sites excluding steroid dienone is 2. The van der Waals surface area contributed by atoms with Crippen LogP contribution in [0.2, 0.25) is 0 Å². The molecule has 0 aromatic rings. The van der Waals surface area contributed by atoms with Gasteiger partial charge in [0.15, 0.2) is 11.5 Å². The molecule has 114 valence electrons. The van der Waals surface area contributed by atoms with Gasteiger partial charge in [-0.3, -0.25) is 0 Å². The predicted octanol–water partition coefficient (Wildman–Crippen LogP) is 2.32. The summed E-state index contributed by atoms with van der Waals surface area (Å²) >= 11 is 0. The maximum atomic E-state index is 9.32. The first kappa shape index (κ1) is 14.5. The molecule has 2 heterocycles. The molecule has 3 aliphatic rings. The van der Waals surface area contributed by atoms with Crippen LogP contribution < -0.4 is 0 Å². The number of ether oxygens (including phenoxy) is 2. The summed E-state index contributed by atoms with van der Waals surface area (Å²) in [7, 11) is 3.30. The molecule has 0 bridgehead atoms. The lowest BCUT2D eigenvalue weighted by Gasteiger charge is -2.47. The van der Waals surface area contributed by atoms with Crippen molar-refractivity contribution in [2.75, 3.05) is 20.8 Å². The number of nitrogens with zero attached hydrogens (tertiary/aromatic N) is 3. The Morgan fingerprint density at radius 1 is 1.18 bits per heavy atom. The highest BCUT2D eigenvalue weighted by atomic mass is 16.5. The van der Waals surface area contributed by atoms with Crippen LogP contribution in [0.3, 0.4) is 0 Å². The van der Waals surface area contributed by atoms with Crippen molar-refractivity contribution in [1.82, 2.24) is 4.90 Å². The van der Waals surface area contributed by atoms with Gasteiger partial charge in [0, 0.05) is 24.7 Å². The first-order valence-corrected chi connectivity index (χ1v) is 7.51. The van der Waals surface area contributed by atoms with E-state index in [1.807, 2.05) is 6.20 Å². The topological polar surface area (TPSA) is 69.3 Å². The molecule has 5 heteroatoms. The molecule has 0 amide bonds. The van der Waals surface area contributed by atoms with Gasteiger partial charge in [-0.1, -0.05) is 0 Å². The Kier molecular flexibility index (Phi) is 3.81. The quantitative estimate of drug-likeness (QED) is 0.782. The number of hydrogen-bond acceptors (Lipinski definition) is 5. The van der Waals surface area contributed by atoms with Gasteiger partial charge in [0.2, 0.25) is 0 Å². The molecule has 0 radical (unpaired) electrons. The van der Waals surface area contributed by atoms with E-state index >= 15 is 0 Å². The Morgan fingerprint density at radius 3 is 2.55 bits per heavy atom. The smallest absolute Gasteiger partial charge is 0.156 e. The van der Waals surface area contributed by atoms with Gasteiger partial charge in [-0.05, 0) is 30.9 Å². The van der Waals surface area contributed by atoms with Gasteiger partial charge in [0.25, 0.3) is 0 Å². The largest absolute Gasteiger partial charge is 0.493 e. The van der Waals surface area contributed by atoms with Gasteiger partial charge in [-0.15, -0.1) is 0 Å². The van der Waals surface area contributed by atoms with Crippen molar-refractivity contribution in [3.05, 3.63) is 35.4 Å². The molecule has 5 nitrogen and oxygen atoms in total. The van der Waals surface area contributed by atoms with E-state index in [0.29, 0.717) is 17.9 Å². The average Bonchev–Trinajstić information content (AvgIpc) is 2.58. The van der Waals surface area contributed by atoms with E-state index in [0.717, 1.165) is 24.5 Å². The molecule has 1 saturated heterocycles. The lowest BCUT2D eigenvalue weighted by atomic mass is 9.72. The minimum absolute atomic E-state index is 0.236. The zero-order chi connectivity index (χ0) is 15.7. The molecule has 1 aliphatic carbocycles. The standard InChI is InChI=1S/C17H19N3O2/c1-21-16-6-11-3-4-20-10-13(9-19)12(8-18)5-15(20)14(11)7-17(16)22-2/h6-7,10-12,14-15H,3-5H2,1-2H3/t11-,12+,14-,15-/m1/s1. The Labute approximate surface area is 130 Å². The van der Waals surface area contributed by atoms with Gasteiger partial charge in [-0.2, -0.15) is 10.5 Å². The molecule has 22 heavy (non-hydrogen) atoms. The molecule has 0 aromatic carbocycles. The molecule has 0 N–H and O–H groups in total. The van der Waals surface area contributed by atoms with Gasteiger partial charge in [-0.25, -0.2) is 0 Å². The number of piperidine rings is 1. The first-order valence-electron chi connectivity index (χ1n) is 7.51. The lowest BCUT2D eigenvalue weighted by molar-refractivity contribution is 0.0986. The van der Waals surface area contributed by atoms with E-state index in [9.17, 15) is 10.5 Å². The SMILES string of the molecule is COC1=C[C@H]2[C@H]3C[C@@H](C#N)C(C#N)=CN3CC[C@@H]2C=C1OC. The minimum atomic E-state index is -0.308. The summed E-state index contributed by atoms with van der Waals surface area (Å²) in [5, 5.41) is 18.5. The summed E-state index contributed by atoms with van der Waals surface area (Å²) in [6, 6.07) is 4.68. The minimum Gasteiger partial charge on any atom is -0.493 e. The van der Waals surface area contributed by atoms with Crippen LogP contribution in [0.25, 0.3) is 0 Å². The van der Waals surface area contributed by atoms with E-state index in [1.54, 1.807) is 14.2 Å². The number of rotatable bonds is 2. The van der Waals surface area contributed by atoms with Crippen LogP contribution in [-0.2, 0) is 9.47 Å². The van der Waals surface area contributed by atoms with Crippen molar-refractivity contribution in [2.24, 2.45) is 17.8 Å². The molecule has 1 fully saturated rings. The second kappa shape index (κ2) is 5.77. The molecule has 0 spiro atoms. The van der Waals surface area contributed by atoms with Crippen molar-refractivity contribution in [1.29, 1.82) is 10.5 Å². The van der Waals surface area contributed by atoms with E-state index in [4.69, 9.17) is 9.47 Å². The number of hydrogen-bond donors (Lipinski definition) is 0. The molecule has 0 saturated carbocycles. The predicted molar refractivity (Wildman–Crippen MR) is 79.7 cm³/mol. The summed E-state index contributed by atoms with van der Waals surface area (Å²) in [4.78, 5) is 2.23. The molecular weight excluding hydrogens is 278 g/mol. The highest BCUT2D eigenvalue weighted by Gasteiger charge is 2.42. The molecule has 3 rings (SSSR count). The number of nitriles is 2. The van der Waals surface area contributed by atoms with Crippen LogP contribution in [0.1, 0.15) is 12.8 Å². The fourth-order valence-corrected chi connectivity index (χ4v) is 3.78. The average molecular weight is 297 g/mol. The summed E-state index contributed by atoms with van der Waals surface area (Å²) in [6.07, 6.45) is 7.86. The lowest BCUT2D eigenvalue weighted by Crippen LogP contribution is -2.49. The fourth-order valence-electron chi connectivity index (χ4n) is 3.78. The highest BCUT2D eigenvalue weighted by Crippen LogP contribution is 2.42. The highest BCUT2D eigenvalue weighted by molar-refractivity contribution is 5.34. The van der Waals surface area contributed by atoms with Gasteiger partial charge in [0.1, 0.15) is 0 Å².